The van der Waals surface area contributed by atoms with Gasteiger partial charge in [-0.25, -0.2) is 0 Å². The van der Waals surface area contributed by atoms with Crippen molar-refractivity contribution in [1.29, 1.82) is 0 Å². The zero-order valence-corrected chi connectivity index (χ0v) is 24.1. The molecule has 0 radical (unpaired) electrons. The molecule has 0 amide bonds. The zero-order chi connectivity index (χ0) is 25.6. The number of rotatable bonds is 4. The number of allylic oxidation sites excluding steroid dienone is 8. The highest BCUT2D eigenvalue weighted by Gasteiger charge is 2.58. The van der Waals surface area contributed by atoms with Crippen LogP contribution in [0.4, 0.5) is 0 Å². The van der Waals surface area contributed by atoms with Crippen LogP contribution in [0.2, 0.25) is 24.2 Å². The van der Waals surface area contributed by atoms with Crippen molar-refractivity contribution in [3.05, 3.63) is 120 Å². The Labute approximate surface area is 226 Å². The van der Waals surface area contributed by atoms with Gasteiger partial charge in [0.15, 0.2) is 0 Å². The maximum absolute atomic E-state index is 2.79. The van der Waals surface area contributed by atoms with Gasteiger partial charge in [0, 0.05) is 11.8 Å². The van der Waals surface area contributed by atoms with Gasteiger partial charge < -0.3 is 0 Å². The highest BCUT2D eigenvalue weighted by atomic mass is 28.3. The van der Waals surface area contributed by atoms with E-state index in [1.54, 1.807) is 0 Å². The third kappa shape index (κ3) is 4.38. The van der Waals surface area contributed by atoms with E-state index in [-0.39, 0.29) is 0 Å². The van der Waals surface area contributed by atoms with E-state index in [1.165, 1.54) is 24.0 Å². The first-order chi connectivity index (χ1) is 18.0. The van der Waals surface area contributed by atoms with Crippen LogP contribution in [-0.4, -0.2) is 8.07 Å². The van der Waals surface area contributed by atoms with Crippen LogP contribution < -0.4 is 0 Å². The Balaban J connectivity index is 1.33. The van der Waals surface area contributed by atoms with E-state index >= 15 is 0 Å². The van der Waals surface area contributed by atoms with Gasteiger partial charge >= 0.3 is 0 Å². The van der Waals surface area contributed by atoms with Gasteiger partial charge in [-0.1, -0.05) is 136 Å². The molecule has 37 heavy (non-hydrogen) atoms. The highest BCUT2D eigenvalue weighted by molar-refractivity contribution is 6.80. The van der Waals surface area contributed by atoms with E-state index in [1.807, 2.05) is 0 Å². The van der Waals surface area contributed by atoms with Crippen molar-refractivity contribution in [2.24, 2.45) is 35.5 Å². The fraction of sp³-hybridized carbons (Fsp3) is 0.444. The summed E-state index contributed by atoms with van der Waals surface area (Å²) in [5.41, 5.74) is 4.68. The van der Waals surface area contributed by atoms with Gasteiger partial charge in [0.05, 0.1) is 8.07 Å². The molecule has 4 aliphatic rings. The molecule has 4 aliphatic carbocycles. The SMILES string of the molecule is CC1CC2C(c3ccccc3)C=CC=CC2C1[Si](C)(C)C1C(C)CC2C(c3ccccc3)C=CC=CC21. The summed E-state index contributed by atoms with van der Waals surface area (Å²) in [5, 5.41) is 0. The number of fused-ring (bicyclic) bond motifs is 2. The minimum absolute atomic E-state index is 0.539. The van der Waals surface area contributed by atoms with E-state index in [9.17, 15) is 0 Å². The normalized spacial score (nSPS) is 38.7. The van der Waals surface area contributed by atoms with Crippen LogP contribution in [0.1, 0.15) is 49.7 Å². The molecule has 10 atom stereocenters. The molecule has 192 valence electrons. The Bertz CT molecular complexity index is 1090. The molecule has 10 unspecified atom stereocenters. The minimum atomic E-state index is -1.64. The second-order valence-electron chi connectivity index (χ2n) is 13.2. The van der Waals surface area contributed by atoms with Gasteiger partial charge in [-0.05, 0) is 70.6 Å². The highest BCUT2D eigenvalue weighted by Crippen LogP contribution is 2.64. The van der Waals surface area contributed by atoms with Gasteiger partial charge in [-0.3, -0.25) is 0 Å². The molecule has 6 rings (SSSR count). The topological polar surface area (TPSA) is 0 Å². The monoisotopic (exact) mass is 504 g/mol. The standard InChI is InChI=1S/C36H44Si/c1-25-23-33-29(27-15-7-5-8-16-27)19-11-13-21-31(33)35(25)37(3,4)36-26(2)24-34-30(20-12-14-22-32(34)36)28-17-9-6-10-18-28/h5-22,25-26,29-36H,23-24H2,1-4H3. The van der Waals surface area contributed by atoms with Gasteiger partial charge in [0.25, 0.3) is 0 Å². The van der Waals surface area contributed by atoms with Gasteiger partial charge in [-0.2, -0.15) is 0 Å². The molecule has 2 aromatic rings. The van der Waals surface area contributed by atoms with E-state index in [4.69, 9.17) is 0 Å². The molecule has 0 nitrogen and oxygen atoms in total. The Morgan fingerprint density at radius 2 is 0.919 bits per heavy atom. The zero-order valence-electron chi connectivity index (χ0n) is 23.1. The quantitative estimate of drug-likeness (QED) is 0.363. The summed E-state index contributed by atoms with van der Waals surface area (Å²) < 4.78 is 0. The maximum atomic E-state index is 2.79. The fourth-order valence-electron chi connectivity index (χ4n) is 9.84. The summed E-state index contributed by atoms with van der Waals surface area (Å²) in [6.45, 7) is 10.8. The first-order valence-corrected chi connectivity index (χ1v) is 17.9. The summed E-state index contributed by atoms with van der Waals surface area (Å²) in [6, 6.07) is 22.6. The Morgan fingerprint density at radius 3 is 1.32 bits per heavy atom. The molecule has 0 saturated heterocycles. The third-order valence-electron chi connectivity index (χ3n) is 10.9. The lowest BCUT2D eigenvalue weighted by atomic mass is 9.80. The lowest BCUT2D eigenvalue weighted by Crippen LogP contribution is -2.45. The van der Waals surface area contributed by atoms with Crippen molar-refractivity contribution in [2.75, 3.05) is 0 Å². The van der Waals surface area contributed by atoms with E-state index in [2.05, 4.69) is 136 Å². The molecular weight excluding hydrogens is 460 g/mol. The summed E-state index contributed by atoms with van der Waals surface area (Å²) >= 11 is 0. The predicted octanol–water partition coefficient (Wildman–Crippen LogP) is 9.80. The molecule has 0 N–H and O–H groups in total. The summed E-state index contributed by atoms with van der Waals surface area (Å²) in [7, 11) is -1.64. The predicted molar refractivity (Wildman–Crippen MR) is 161 cm³/mol. The fourth-order valence-corrected chi connectivity index (χ4v) is 16.2. The Morgan fingerprint density at radius 1 is 0.541 bits per heavy atom. The van der Waals surface area contributed by atoms with Crippen LogP contribution in [0, 0.1) is 35.5 Å². The average Bonchev–Trinajstić information content (AvgIpc) is 3.23. The largest absolute Gasteiger partial charge is 0.0811 e. The van der Waals surface area contributed by atoms with Gasteiger partial charge in [-0.15, -0.1) is 0 Å². The molecule has 2 aromatic carbocycles. The van der Waals surface area contributed by atoms with Gasteiger partial charge in [0.2, 0.25) is 0 Å². The van der Waals surface area contributed by atoms with E-state index < -0.39 is 8.07 Å². The molecular formula is C36H44Si. The molecule has 0 spiro atoms. The van der Waals surface area contributed by atoms with Crippen molar-refractivity contribution in [3.63, 3.8) is 0 Å². The smallest absolute Gasteiger partial charge is 0.0553 e. The summed E-state index contributed by atoms with van der Waals surface area (Å²) in [5.74, 6) is 5.50. The van der Waals surface area contributed by atoms with Crippen LogP contribution in [0.5, 0.6) is 0 Å². The first-order valence-electron chi connectivity index (χ1n) is 14.8. The van der Waals surface area contributed by atoms with Crippen molar-refractivity contribution in [3.8, 4) is 0 Å². The van der Waals surface area contributed by atoms with Crippen LogP contribution in [-0.2, 0) is 0 Å². The molecule has 1 heteroatoms. The second-order valence-corrected chi connectivity index (χ2v) is 18.2. The lowest BCUT2D eigenvalue weighted by Gasteiger charge is -2.45. The number of hydrogen-bond acceptors (Lipinski definition) is 0. The van der Waals surface area contributed by atoms with Crippen molar-refractivity contribution in [2.45, 2.75) is 62.7 Å². The summed E-state index contributed by atoms with van der Waals surface area (Å²) in [4.78, 5) is 0. The Kier molecular flexibility index (Phi) is 6.78. The number of hydrogen-bond donors (Lipinski definition) is 0. The Hall–Kier alpha value is -2.38. The summed E-state index contributed by atoms with van der Waals surface area (Å²) in [6.07, 6.45) is 22.4. The third-order valence-corrected chi connectivity index (χ3v) is 16.2. The first kappa shape index (κ1) is 24.9. The molecule has 0 aliphatic heterocycles. The van der Waals surface area contributed by atoms with Crippen LogP contribution >= 0.6 is 0 Å². The van der Waals surface area contributed by atoms with Crippen LogP contribution in [0.15, 0.2) is 109 Å². The molecule has 0 aromatic heterocycles. The van der Waals surface area contributed by atoms with Crippen molar-refractivity contribution < 1.29 is 0 Å². The molecule has 0 bridgehead atoms. The molecule has 0 heterocycles. The second kappa shape index (κ2) is 10.1. The number of benzene rings is 2. The lowest BCUT2D eigenvalue weighted by molar-refractivity contribution is 0.405. The van der Waals surface area contributed by atoms with Crippen molar-refractivity contribution in [1.82, 2.24) is 0 Å². The minimum Gasteiger partial charge on any atom is -0.0811 e. The van der Waals surface area contributed by atoms with Crippen LogP contribution in [0.25, 0.3) is 0 Å². The van der Waals surface area contributed by atoms with Crippen LogP contribution in [0.3, 0.4) is 0 Å². The van der Waals surface area contributed by atoms with E-state index in [0.717, 1.165) is 34.8 Å². The molecule has 2 saturated carbocycles. The average molecular weight is 505 g/mol. The molecule has 2 fully saturated rings. The van der Waals surface area contributed by atoms with Crippen molar-refractivity contribution >= 4 is 8.07 Å². The van der Waals surface area contributed by atoms with Gasteiger partial charge in [0.1, 0.15) is 0 Å². The maximum Gasteiger partial charge on any atom is 0.0553 e. The van der Waals surface area contributed by atoms with E-state index in [0.29, 0.717) is 23.7 Å².